The molecule has 0 fully saturated rings. The lowest BCUT2D eigenvalue weighted by atomic mass is 10.1. The van der Waals surface area contributed by atoms with E-state index in [9.17, 15) is 4.79 Å². The molecule has 2 N–H and O–H groups in total. The van der Waals surface area contributed by atoms with E-state index >= 15 is 0 Å². The SMILES string of the molecule is COc1cccc(CNC(=O)CNc2cccc(OCc3cccc(C#N)c3)c2)c1. The number of rotatable bonds is 9. The fraction of sp³-hybridized carbons (Fsp3) is 0.167. The van der Waals surface area contributed by atoms with Crippen molar-refractivity contribution >= 4 is 11.6 Å². The maximum atomic E-state index is 12.1. The zero-order valence-corrected chi connectivity index (χ0v) is 16.7. The highest BCUT2D eigenvalue weighted by atomic mass is 16.5. The van der Waals surface area contributed by atoms with Crippen molar-refractivity contribution in [3.8, 4) is 17.6 Å². The summed E-state index contributed by atoms with van der Waals surface area (Å²) in [7, 11) is 1.61. The number of carbonyl (C=O) groups is 1. The Bertz CT molecular complexity index is 1040. The quantitative estimate of drug-likeness (QED) is 0.569. The molecule has 30 heavy (non-hydrogen) atoms. The summed E-state index contributed by atoms with van der Waals surface area (Å²) in [5.74, 6) is 1.33. The maximum absolute atomic E-state index is 12.1. The van der Waals surface area contributed by atoms with Crippen LogP contribution in [0.4, 0.5) is 5.69 Å². The van der Waals surface area contributed by atoms with Gasteiger partial charge in [0.25, 0.3) is 0 Å². The Morgan fingerprint density at radius 3 is 2.57 bits per heavy atom. The van der Waals surface area contributed by atoms with Crippen LogP contribution in [0.1, 0.15) is 16.7 Å². The maximum Gasteiger partial charge on any atom is 0.239 e. The van der Waals surface area contributed by atoms with Crippen molar-refractivity contribution in [1.82, 2.24) is 5.32 Å². The molecule has 3 aromatic carbocycles. The number of hydrogen-bond acceptors (Lipinski definition) is 5. The standard InChI is InChI=1S/C24H23N3O3/c1-29-22-9-3-6-19(12-22)15-27-24(28)16-26-21-8-4-10-23(13-21)30-17-20-7-2-5-18(11-20)14-25/h2-13,26H,15-17H2,1H3,(H,27,28). The number of carbonyl (C=O) groups excluding carboxylic acids is 1. The molecule has 0 bridgehead atoms. The van der Waals surface area contributed by atoms with Crippen LogP contribution in [0.3, 0.4) is 0 Å². The van der Waals surface area contributed by atoms with Gasteiger partial charge in [-0.15, -0.1) is 0 Å². The molecule has 0 saturated heterocycles. The first-order valence-corrected chi connectivity index (χ1v) is 9.51. The Labute approximate surface area is 176 Å². The largest absolute Gasteiger partial charge is 0.497 e. The molecule has 6 nitrogen and oxygen atoms in total. The van der Waals surface area contributed by atoms with Crippen LogP contribution in [-0.4, -0.2) is 19.6 Å². The Balaban J connectivity index is 1.47. The molecule has 1 amide bonds. The number of nitrogens with zero attached hydrogens (tertiary/aromatic N) is 1. The summed E-state index contributed by atoms with van der Waals surface area (Å²) in [6.45, 7) is 0.945. The fourth-order valence-corrected chi connectivity index (χ4v) is 2.82. The van der Waals surface area contributed by atoms with Gasteiger partial charge in [-0.1, -0.05) is 30.3 Å². The summed E-state index contributed by atoms with van der Waals surface area (Å²) in [6, 6.07) is 24.4. The van der Waals surface area contributed by atoms with E-state index in [-0.39, 0.29) is 12.5 Å². The lowest BCUT2D eigenvalue weighted by molar-refractivity contribution is -0.119. The molecule has 0 aromatic heterocycles. The lowest BCUT2D eigenvalue weighted by Crippen LogP contribution is -2.29. The van der Waals surface area contributed by atoms with Gasteiger partial charge in [0.1, 0.15) is 18.1 Å². The van der Waals surface area contributed by atoms with Crippen LogP contribution in [-0.2, 0) is 17.9 Å². The Morgan fingerprint density at radius 1 is 0.967 bits per heavy atom. The minimum atomic E-state index is -0.113. The van der Waals surface area contributed by atoms with Gasteiger partial charge in [-0.2, -0.15) is 5.26 Å². The third-order valence-corrected chi connectivity index (χ3v) is 4.37. The predicted octanol–water partition coefficient (Wildman–Crippen LogP) is 3.87. The summed E-state index contributed by atoms with van der Waals surface area (Å²) in [6.07, 6.45) is 0. The van der Waals surface area contributed by atoms with Crippen LogP contribution >= 0.6 is 0 Å². The van der Waals surface area contributed by atoms with E-state index in [2.05, 4.69) is 16.7 Å². The monoisotopic (exact) mass is 401 g/mol. The van der Waals surface area contributed by atoms with Crippen molar-refractivity contribution in [3.05, 3.63) is 89.5 Å². The summed E-state index contributed by atoms with van der Waals surface area (Å²) >= 11 is 0. The van der Waals surface area contributed by atoms with Gasteiger partial charge in [-0.3, -0.25) is 4.79 Å². The molecule has 0 saturated carbocycles. The second-order valence-corrected chi connectivity index (χ2v) is 6.61. The number of methoxy groups -OCH3 is 1. The number of amides is 1. The van der Waals surface area contributed by atoms with Crippen LogP contribution in [0, 0.1) is 11.3 Å². The summed E-state index contributed by atoms with van der Waals surface area (Å²) in [4.78, 5) is 12.1. The number of hydrogen-bond donors (Lipinski definition) is 2. The third kappa shape index (κ3) is 6.28. The number of ether oxygens (including phenoxy) is 2. The molecule has 0 aliphatic heterocycles. The van der Waals surface area contributed by atoms with Crippen LogP contribution < -0.4 is 20.1 Å². The normalized spacial score (nSPS) is 10.0. The van der Waals surface area contributed by atoms with Crippen LogP contribution in [0.5, 0.6) is 11.5 Å². The Kier molecular flexibility index (Phi) is 7.28. The molecule has 0 aliphatic carbocycles. The topological polar surface area (TPSA) is 83.4 Å². The molecule has 6 heteroatoms. The van der Waals surface area contributed by atoms with Gasteiger partial charge < -0.3 is 20.1 Å². The predicted molar refractivity (Wildman–Crippen MR) is 115 cm³/mol. The molecule has 0 radical (unpaired) electrons. The van der Waals surface area contributed by atoms with E-state index in [1.54, 1.807) is 19.2 Å². The number of nitrogens with one attached hydrogen (secondary N) is 2. The van der Waals surface area contributed by atoms with Crippen molar-refractivity contribution in [3.63, 3.8) is 0 Å². The van der Waals surface area contributed by atoms with Gasteiger partial charge >= 0.3 is 0 Å². The number of nitriles is 1. The first kappa shape index (κ1) is 20.7. The van der Waals surface area contributed by atoms with Gasteiger partial charge in [0.05, 0.1) is 25.3 Å². The summed E-state index contributed by atoms with van der Waals surface area (Å²) in [5.41, 5.74) is 3.28. The molecule has 0 unspecified atom stereocenters. The van der Waals surface area contributed by atoms with Crippen molar-refractivity contribution in [2.75, 3.05) is 19.0 Å². The van der Waals surface area contributed by atoms with Gasteiger partial charge in [-0.05, 0) is 47.5 Å². The highest BCUT2D eigenvalue weighted by Gasteiger charge is 2.04. The van der Waals surface area contributed by atoms with Crippen molar-refractivity contribution in [2.45, 2.75) is 13.2 Å². The molecule has 0 spiro atoms. The molecule has 0 aliphatic rings. The fourth-order valence-electron chi connectivity index (χ4n) is 2.82. The van der Waals surface area contributed by atoms with Crippen LogP contribution in [0.25, 0.3) is 0 Å². The first-order valence-electron chi connectivity index (χ1n) is 9.51. The van der Waals surface area contributed by atoms with Gasteiger partial charge in [-0.25, -0.2) is 0 Å². The second-order valence-electron chi connectivity index (χ2n) is 6.61. The van der Waals surface area contributed by atoms with Crippen LogP contribution in [0.2, 0.25) is 0 Å². The molecule has 3 rings (SSSR count). The van der Waals surface area contributed by atoms with E-state index in [0.717, 1.165) is 22.6 Å². The van der Waals surface area contributed by atoms with Gasteiger partial charge in [0.2, 0.25) is 5.91 Å². The first-order chi connectivity index (χ1) is 14.7. The number of benzene rings is 3. The van der Waals surface area contributed by atoms with Crippen molar-refractivity contribution in [1.29, 1.82) is 5.26 Å². The minimum Gasteiger partial charge on any atom is -0.497 e. The van der Waals surface area contributed by atoms with Crippen molar-refractivity contribution in [2.24, 2.45) is 0 Å². The Hall–Kier alpha value is -3.98. The van der Waals surface area contributed by atoms with Gasteiger partial charge in [0.15, 0.2) is 0 Å². The summed E-state index contributed by atoms with van der Waals surface area (Å²) < 4.78 is 11.0. The average Bonchev–Trinajstić information content (AvgIpc) is 2.80. The molecular weight excluding hydrogens is 378 g/mol. The van der Waals surface area contributed by atoms with E-state index in [0.29, 0.717) is 24.5 Å². The average molecular weight is 401 g/mol. The zero-order valence-electron chi connectivity index (χ0n) is 16.7. The Morgan fingerprint density at radius 2 is 1.73 bits per heavy atom. The smallest absolute Gasteiger partial charge is 0.239 e. The zero-order chi connectivity index (χ0) is 21.2. The van der Waals surface area contributed by atoms with E-state index < -0.39 is 0 Å². The number of anilines is 1. The molecule has 0 atom stereocenters. The molecule has 152 valence electrons. The highest BCUT2D eigenvalue weighted by Crippen LogP contribution is 2.19. The minimum absolute atomic E-state index is 0.113. The van der Waals surface area contributed by atoms with Gasteiger partial charge in [0, 0.05) is 18.3 Å². The molecule has 3 aromatic rings. The van der Waals surface area contributed by atoms with E-state index in [4.69, 9.17) is 14.7 Å². The van der Waals surface area contributed by atoms with Crippen molar-refractivity contribution < 1.29 is 14.3 Å². The molecular formula is C24H23N3O3. The third-order valence-electron chi connectivity index (χ3n) is 4.37. The van der Waals surface area contributed by atoms with E-state index in [1.807, 2.05) is 60.7 Å². The highest BCUT2D eigenvalue weighted by molar-refractivity contribution is 5.80. The lowest BCUT2D eigenvalue weighted by Gasteiger charge is -2.11. The van der Waals surface area contributed by atoms with E-state index in [1.165, 1.54) is 0 Å². The summed E-state index contributed by atoms with van der Waals surface area (Å²) in [5, 5.41) is 15.0. The second kappa shape index (κ2) is 10.5. The van der Waals surface area contributed by atoms with Crippen LogP contribution in [0.15, 0.2) is 72.8 Å². The molecule has 0 heterocycles.